The van der Waals surface area contributed by atoms with E-state index in [1.54, 1.807) is 0 Å². The molecule has 126 valence electrons. The molecule has 2 aliphatic carbocycles. The monoisotopic (exact) mass is 322 g/mol. The lowest BCUT2D eigenvalue weighted by Crippen LogP contribution is -2.45. The van der Waals surface area contributed by atoms with E-state index in [0.29, 0.717) is 11.8 Å². The topological polar surface area (TPSA) is 26.3 Å². The van der Waals surface area contributed by atoms with Crippen LogP contribution >= 0.6 is 0 Å². The van der Waals surface area contributed by atoms with E-state index >= 15 is 0 Å². The average molecular weight is 323 g/mol. The zero-order chi connectivity index (χ0) is 16.1. The standard InChI is InChI=1S/C19H34O2Si/c1-6-19(7-9-22(4,5)10-8-19)21-18(20)17-12-15-11-16(17)14(3)13(15)2/h13-17H,6-12H2,1-5H3. The molecule has 22 heavy (non-hydrogen) atoms. The van der Waals surface area contributed by atoms with Gasteiger partial charge in [-0.25, -0.2) is 0 Å². The van der Waals surface area contributed by atoms with Gasteiger partial charge in [0.1, 0.15) is 5.60 Å². The van der Waals surface area contributed by atoms with Crippen LogP contribution in [0.3, 0.4) is 0 Å². The number of hydrogen-bond acceptors (Lipinski definition) is 2. The van der Waals surface area contributed by atoms with Crippen molar-refractivity contribution >= 4 is 14.0 Å². The highest BCUT2D eigenvalue weighted by Gasteiger charge is 2.53. The Morgan fingerprint density at radius 2 is 1.77 bits per heavy atom. The van der Waals surface area contributed by atoms with Gasteiger partial charge < -0.3 is 4.74 Å². The maximum atomic E-state index is 12.9. The SMILES string of the molecule is CCC1(OC(=O)C2CC3CC2C(C)C3C)CC[Si](C)(C)CC1. The lowest BCUT2D eigenvalue weighted by atomic mass is 9.75. The van der Waals surface area contributed by atoms with Crippen molar-refractivity contribution in [3.63, 3.8) is 0 Å². The predicted octanol–water partition coefficient (Wildman–Crippen LogP) is 5.11. The molecule has 2 nitrogen and oxygen atoms in total. The van der Waals surface area contributed by atoms with Gasteiger partial charge in [0.15, 0.2) is 0 Å². The second kappa shape index (κ2) is 5.65. The summed E-state index contributed by atoms with van der Waals surface area (Å²) in [5.74, 6) is 3.21. The van der Waals surface area contributed by atoms with E-state index in [-0.39, 0.29) is 17.5 Å². The minimum Gasteiger partial charge on any atom is -0.459 e. The number of carbonyl (C=O) groups excluding carboxylic acids is 1. The molecule has 5 unspecified atom stereocenters. The number of esters is 1. The quantitative estimate of drug-likeness (QED) is 0.533. The van der Waals surface area contributed by atoms with Gasteiger partial charge in [-0.2, -0.15) is 0 Å². The van der Waals surface area contributed by atoms with Crippen LogP contribution in [0.25, 0.3) is 0 Å². The molecular formula is C19H34O2Si. The summed E-state index contributed by atoms with van der Waals surface area (Å²) in [4.78, 5) is 12.9. The van der Waals surface area contributed by atoms with Gasteiger partial charge >= 0.3 is 5.97 Å². The third-order valence-electron chi connectivity index (χ3n) is 7.68. The normalized spacial score (nSPS) is 42.3. The molecule has 1 aliphatic heterocycles. The largest absolute Gasteiger partial charge is 0.459 e. The van der Waals surface area contributed by atoms with E-state index in [2.05, 4.69) is 33.9 Å². The van der Waals surface area contributed by atoms with Crippen molar-refractivity contribution in [3.05, 3.63) is 0 Å². The van der Waals surface area contributed by atoms with Crippen molar-refractivity contribution in [2.75, 3.05) is 0 Å². The van der Waals surface area contributed by atoms with E-state index in [9.17, 15) is 4.79 Å². The Morgan fingerprint density at radius 3 is 2.27 bits per heavy atom. The Morgan fingerprint density at radius 1 is 1.14 bits per heavy atom. The highest BCUT2D eigenvalue weighted by atomic mass is 28.3. The molecular weight excluding hydrogens is 288 g/mol. The van der Waals surface area contributed by atoms with Crippen LogP contribution in [0.15, 0.2) is 0 Å². The van der Waals surface area contributed by atoms with Gasteiger partial charge in [-0.15, -0.1) is 0 Å². The Balaban J connectivity index is 1.64. The number of carbonyl (C=O) groups is 1. The number of hydrogen-bond donors (Lipinski definition) is 0. The van der Waals surface area contributed by atoms with Crippen molar-refractivity contribution in [1.82, 2.24) is 0 Å². The summed E-state index contributed by atoms with van der Waals surface area (Å²) < 4.78 is 6.22. The maximum Gasteiger partial charge on any atom is 0.309 e. The van der Waals surface area contributed by atoms with Gasteiger partial charge in [0.2, 0.25) is 0 Å². The minimum absolute atomic E-state index is 0.129. The molecule has 1 saturated heterocycles. The lowest BCUT2D eigenvalue weighted by molar-refractivity contribution is -0.169. The Bertz CT molecular complexity index is 433. The second-order valence-electron chi connectivity index (χ2n) is 9.34. The van der Waals surface area contributed by atoms with E-state index in [1.165, 1.54) is 18.5 Å². The molecule has 0 aromatic heterocycles. The van der Waals surface area contributed by atoms with Crippen LogP contribution in [0.1, 0.15) is 52.9 Å². The zero-order valence-corrected chi connectivity index (χ0v) is 16.2. The third-order valence-corrected chi connectivity index (χ3v) is 10.9. The first kappa shape index (κ1) is 16.5. The molecule has 3 fully saturated rings. The van der Waals surface area contributed by atoms with Crippen molar-refractivity contribution < 1.29 is 9.53 Å². The molecule has 1 heterocycles. The Hall–Kier alpha value is -0.313. The highest BCUT2D eigenvalue weighted by molar-refractivity contribution is 6.77. The van der Waals surface area contributed by atoms with Crippen LogP contribution in [0.2, 0.25) is 25.2 Å². The van der Waals surface area contributed by atoms with E-state index in [0.717, 1.165) is 37.5 Å². The van der Waals surface area contributed by atoms with Crippen LogP contribution < -0.4 is 0 Å². The van der Waals surface area contributed by atoms with Gasteiger partial charge in [-0.3, -0.25) is 4.79 Å². The first-order valence-corrected chi connectivity index (χ1v) is 12.9. The smallest absolute Gasteiger partial charge is 0.309 e. The minimum atomic E-state index is -1.00. The van der Waals surface area contributed by atoms with E-state index in [1.807, 2.05) is 0 Å². The molecule has 3 aliphatic rings. The molecule has 0 radical (unpaired) electrons. The summed E-state index contributed by atoms with van der Waals surface area (Å²) >= 11 is 0. The summed E-state index contributed by atoms with van der Waals surface area (Å²) in [6, 6.07) is 2.64. The maximum absolute atomic E-state index is 12.9. The first-order chi connectivity index (χ1) is 10.3. The Kier molecular flexibility index (Phi) is 4.24. The van der Waals surface area contributed by atoms with Gasteiger partial charge in [0, 0.05) is 8.07 Å². The molecule has 0 aromatic carbocycles. The number of rotatable bonds is 3. The van der Waals surface area contributed by atoms with Crippen LogP contribution in [0.4, 0.5) is 0 Å². The van der Waals surface area contributed by atoms with Crippen LogP contribution in [0.5, 0.6) is 0 Å². The summed E-state index contributed by atoms with van der Waals surface area (Å²) in [6.07, 6.45) is 5.58. The van der Waals surface area contributed by atoms with Crippen molar-refractivity contribution in [1.29, 1.82) is 0 Å². The molecule has 3 rings (SSSR count). The molecule has 5 atom stereocenters. The highest BCUT2D eigenvalue weighted by Crippen LogP contribution is 2.55. The Labute approximate surface area is 137 Å². The summed E-state index contributed by atoms with van der Waals surface area (Å²) in [5, 5.41) is 0. The van der Waals surface area contributed by atoms with Gasteiger partial charge in [-0.05, 0) is 55.8 Å². The molecule has 2 saturated carbocycles. The average Bonchev–Trinajstić information content (AvgIpc) is 3.03. The van der Waals surface area contributed by atoms with E-state index < -0.39 is 8.07 Å². The molecule has 0 spiro atoms. The fraction of sp³-hybridized carbons (Fsp3) is 0.947. The van der Waals surface area contributed by atoms with Crippen molar-refractivity contribution in [3.8, 4) is 0 Å². The van der Waals surface area contributed by atoms with E-state index in [4.69, 9.17) is 4.74 Å². The summed E-state index contributed by atoms with van der Waals surface area (Å²) in [7, 11) is -1.00. The van der Waals surface area contributed by atoms with Crippen LogP contribution in [0, 0.1) is 29.6 Å². The third kappa shape index (κ3) is 2.78. The molecule has 2 bridgehead atoms. The number of fused-ring (bicyclic) bond motifs is 2. The molecule has 0 N–H and O–H groups in total. The van der Waals surface area contributed by atoms with Crippen molar-refractivity contribution in [2.45, 2.75) is 83.7 Å². The predicted molar refractivity (Wildman–Crippen MR) is 93.5 cm³/mol. The molecule has 3 heteroatoms. The first-order valence-electron chi connectivity index (χ1n) is 9.50. The molecule has 0 amide bonds. The lowest BCUT2D eigenvalue weighted by Gasteiger charge is -2.43. The zero-order valence-electron chi connectivity index (χ0n) is 15.2. The summed E-state index contributed by atoms with van der Waals surface area (Å²) in [5.41, 5.74) is -0.129. The number of ether oxygens (including phenoxy) is 1. The van der Waals surface area contributed by atoms with Gasteiger partial charge in [-0.1, -0.05) is 46.0 Å². The molecule has 0 aromatic rings. The van der Waals surface area contributed by atoms with Crippen LogP contribution in [-0.2, 0) is 9.53 Å². The fourth-order valence-corrected chi connectivity index (χ4v) is 7.93. The van der Waals surface area contributed by atoms with Gasteiger partial charge in [0.25, 0.3) is 0 Å². The van der Waals surface area contributed by atoms with Gasteiger partial charge in [0.05, 0.1) is 5.92 Å². The second-order valence-corrected chi connectivity index (χ2v) is 14.7. The summed E-state index contributed by atoms with van der Waals surface area (Å²) in [6.45, 7) is 11.9. The van der Waals surface area contributed by atoms with Crippen LogP contribution in [-0.4, -0.2) is 19.6 Å². The fourth-order valence-electron chi connectivity index (χ4n) is 5.41. The van der Waals surface area contributed by atoms with Crippen molar-refractivity contribution in [2.24, 2.45) is 29.6 Å².